The van der Waals surface area contributed by atoms with E-state index in [0.717, 1.165) is 6.07 Å². The molecule has 24 heavy (non-hydrogen) atoms. The van der Waals surface area contributed by atoms with Crippen LogP contribution in [0.4, 0.5) is 18.9 Å². The number of aromatic nitrogens is 1. The molecular weight excluding hydrogens is 457 g/mol. The van der Waals surface area contributed by atoms with Gasteiger partial charge in [-0.05, 0) is 62.8 Å². The fourth-order valence-corrected chi connectivity index (χ4v) is 3.43. The molecule has 0 unspecified atom stereocenters. The summed E-state index contributed by atoms with van der Waals surface area (Å²) >= 11 is 6.16. The molecule has 1 saturated carbocycles. The maximum atomic E-state index is 14.1. The van der Waals surface area contributed by atoms with Gasteiger partial charge in [0.05, 0.1) is 21.7 Å². The highest BCUT2D eigenvalue weighted by molar-refractivity contribution is 9.10. The molecule has 0 aliphatic heterocycles. The van der Waals surface area contributed by atoms with E-state index < -0.39 is 29.9 Å². The molecule has 1 aliphatic carbocycles. The van der Waals surface area contributed by atoms with E-state index in [4.69, 9.17) is 5.11 Å². The zero-order valence-electron chi connectivity index (χ0n) is 12.2. The third-order valence-electron chi connectivity index (χ3n) is 4.06. The Bertz CT molecular complexity index is 853. The molecule has 130 valence electrons. The first kappa shape index (κ1) is 17.8. The number of benzene rings is 1. The standard InChI is InChI=1S/C15H13Br2F3N2O2/c16-8-3-7-10(4-9(8)18)21-14(24)11(17)12(7)22-13(6-1-2-6)15(19,20)5-23/h3-4,6,13,23H,1-2,5H2,(H2,21,22,24)/t13-/m0/s1. The van der Waals surface area contributed by atoms with E-state index in [-0.39, 0.29) is 26.1 Å². The maximum absolute atomic E-state index is 14.1. The minimum Gasteiger partial charge on any atom is -0.390 e. The van der Waals surface area contributed by atoms with Crippen molar-refractivity contribution in [3.05, 3.63) is 37.2 Å². The fourth-order valence-electron chi connectivity index (χ4n) is 2.66. The first-order valence-corrected chi connectivity index (χ1v) is 8.79. The van der Waals surface area contributed by atoms with E-state index >= 15 is 0 Å². The predicted octanol–water partition coefficient (Wildman–Crippen LogP) is 4.01. The molecule has 4 nitrogen and oxygen atoms in total. The van der Waals surface area contributed by atoms with E-state index in [9.17, 15) is 18.0 Å². The summed E-state index contributed by atoms with van der Waals surface area (Å²) in [5, 5.41) is 12.1. The lowest BCUT2D eigenvalue weighted by atomic mass is 10.0. The van der Waals surface area contributed by atoms with E-state index in [1.165, 1.54) is 6.07 Å². The summed E-state index contributed by atoms with van der Waals surface area (Å²) in [7, 11) is 0. The molecule has 0 radical (unpaired) electrons. The van der Waals surface area contributed by atoms with Gasteiger partial charge < -0.3 is 15.4 Å². The van der Waals surface area contributed by atoms with Gasteiger partial charge in [0.25, 0.3) is 11.5 Å². The van der Waals surface area contributed by atoms with Gasteiger partial charge >= 0.3 is 0 Å². The summed E-state index contributed by atoms with van der Waals surface area (Å²) in [5.41, 5.74) is -0.221. The monoisotopic (exact) mass is 468 g/mol. The van der Waals surface area contributed by atoms with E-state index in [1.807, 2.05) is 0 Å². The normalized spacial score (nSPS) is 16.4. The zero-order valence-corrected chi connectivity index (χ0v) is 15.3. The number of halogens is 5. The van der Waals surface area contributed by atoms with Gasteiger partial charge in [0.2, 0.25) is 0 Å². The Morgan fingerprint density at radius 3 is 2.62 bits per heavy atom. The van der Waals surface area contributed by atoms with Crippen molar-refractivity contribution in [1.82, 2.24) is 4.98 Å². The minimum absolute atomic E-state index is 0.0490. The lowest BCUT2D eigenvalue weighted by Crippen LogP contribution is -2.44. The second-order valence-electron chi connectivity index (χ2n) is 5.83. The van der Waals surface area contributed by atoms with Crippen LogP contribution in [0.1, 0.15) is 12.8 Å². The summed E-state index contributed by atoms with van der Waals surface area (Å²) in [6, 6.07) is 1.22. The Labute approximate surface area is 151 Å². The molecule has 1 aromatic carbocycles. The topological polar surface area (TPSA) is 65.1 Å². The molecule has 0 amide bonds. The number of alkyl halides is 2. The van der Waals surface area contributed by atoms with Crippen molar-refractivity contribution in [2.24, 2.45) is 5.92 Å². The zero-order chi connectivity index (χ0) is 17.6. The number of hydrogen-bond donors (Lipinski definition) is 3. The van der Waals surface area contributed by atoms with Gasteiger partial charge in [-0.3, -0.25) is 4.79 Å². The first-order valence-electron chi connectivity index (χ1n) is 7.20. The molecule has 9 heteroatoms. The van der Waals surface area contributed by atoms with Crippen molar-refractivity contribution < 1.29 is 18.3 Å². The molecule has 1 aliphatic rings. The summed E-state index contributed by atoms with van der Waals surface area (Å²) in [6.07, 6.45) is 1.23. The van der Waals surface area contributed by atoms with Crippen LogP contribution in [0.25, 0.3) is 10.9 Å². The van der Waals surface area contributed by atoms with Crippen molar-refractivity contribution in [1.29, 1.82) is 0 Å². The van der Waals surface area contributed by atoms with Gasteiger partial charge in [-0.1, -0.05) is 0 Å². The summed E-state index contributed by atoms with van der Waals surface area (Å²) in [6.45, 7) is -1.29. The molecule has 1 fully saturated rings. The van der Waals surface area contributed by atoms with Gasteiger partial charge in [-0.2, -0.15) is 0 Å². The quantitative estimate of drug-likeness (QED) is 0.619. The van der Waals surface area contributed by atoms with Crippen molar-refractivity contribution in [2.45, 2.75) is 24.8 Å². The molecule has 3 N–H and O–H groups in total. The van der Waals surface area contributed by atoms with E-state index in [1.54, 1.807) is 0 Å². The third kappa shape index (κ3) is 3.21. The van der Waals surface area contributed by atoms with Crippen LogP contribution in [-0.4, -0.2) is 28.7 Å². The lowest BCUT2D eigenvalue weighted by molar-refractivity contribution is -0.0694. The smallest absolute Gasteiger partial charge is 0.290 e. The Balaban J connectivity index is 2.15. The molecule has 0 spiro atoms. The average Bonchev–Trinajstić information content (AvgIpc) is 3.34. The number of anilines is 1. The molecule has 3 rings (SSSR count). The highest BCUT2D eigenvalue weighted by Gasteiger charge is 2.48. The Morgan fingerprint density at radius 1 is 1.38 bits per heavy atom. The lowest BCUT2D eigenvalue weighted by Gasteiger charge is -2.28. The highest BCUT2D eigenvalue weighted by atomic mass is 79.9. The second kappa shape index (κ2) is 6.34. The molecule has 1 atom stereocenters. The minimum atomic E-state index is -3.34. The third-order valence-corrected chi connectivity index (χ3v) is 5.42. The summed E-state index contributed by atoms with van der Waals surface area (Å²) < 4.78 is 42.1. The molecule has 1 heterocycles. The van der Waals surface area contributed by atoms with Gasteiger partial charge in [-0.25, -0.2) is 13.2 Å². The number of aliphatic hydroxyl groups excluding tert-OH is 1. The second-order valence-corrected chi connectivity index (χ2v) is 7.48. The number of fused-ring (bicyclic) bond motifs is 1. The van der Waals surface area contributed by atoms with Crippen molar-refractivity contribution in [3.8, 4) is 0 Å². The van der Waals surface area contributed by atoms with Crippen molar-refractivity contribution in [2.75, 3.05) is 11.9 Å². The average molecular weight is 470 g/mol. The Hall–Kier alpha value is -1.06. The predicted molar refractivity (Wildman–Crippen MR) is 92.1 cm³/mol. The van der Waals surface area contributed by atoms with Crippen LogP contribution in [0, 0.1) is 11.7 Å². The van der Waals surface area contributed by atoms with E-state index in [0.29, 0.717) is 18.2 Å². The van der Waals surface area contributed by atoms with Gasteiger partial charge in [0.15, 0.2) is 0 Å². The van der Waals surface area contributed by atoms with Crippen LogP contribution < -0.4 is 10.9 Å². The Kier molecular flexibility index (Phi) is 4.69. The summed E-state index contributed by atoms with van der Waals surface area (Å²) in [5.74, 6) is -4.21. The number of H-pyrrole nitrogens is 1. The van der Waals surface area contributed by atoms with Crippen LogP contribution in [0.5, 0.6) is 0 Å². The molecule has 0 saturated heterocycles. The first-order chi connectivity index (χ1) is 11.2. The number of rotatable bonds is 5. The molecule has 0 bridgehead atoms. The molecule has 1 aromatic heterocycles. The van der Waals surface area contributed by atoms with Crippen molar-refractivity contribution >= 4 is 48.5 Å². The molecule has 2 aromatic rings. The SMILES string of the molecule is O=c1[nH]c2cc(F)c(Br)cc2c(N[C@@H](C2CC2)C(F)(F)CO)c1Br. The largest absolute Gasteiger partial charge is 0.390 e. The van der Waals surface area contributed by atoms with Gasteiger partial charge in [0, 0.05) is 5.39 Å². The number of hydrogen-bond acceptors (Lipinski definition) is 3. The summed E-state index contributed by atoms with van der Waals surface area (Å²) in [4.78, 5) is 14.5. The van der Waals surface area contributed by atoms with Gasteiger partial charge in [0.1, 0.15) is 16.9 Å². The highest BCUT2D eigenvalue weighted by Crippen LogP contribution is 2.42. The fraction of sp³-hybridized carbons (Fsp3) is 0.400. The Morgan fingerprint density at radius 2 is 2.04 bits per heavy atom. The van der Waals surface area contributed by atoms with Crippen LogP contribution in [0.15, 0.2) is 25.9 Å². The number of aliphatic hydroxyl groups is 1. The number of aromatic amines is 1. The van der Waals surface area contributed by atoms with Crippen LogP contribution in [0.2, 0.25) is 0 Å². The van der Waals surface area contributed by atoms with Gasteiger partial charge in [-0.15, -0.1) is 0 Å². The van der Waals surface area contributed by atoms with Crippen LogP contribution in [0.3, 0.4) is 0 Å². The van der Waals surface area contributed by atoms with Crippen molar-refractivity contribution in [3.63, 3.8) is 0 Å². The van der Waals surface area contributed by atoms with Crippen LogP contribution >= 0.6 is 31.9 Å². The molecular formula is C15H13Br2F3N2O2. The number of nitrogens with one attached hydrogen (secondary N) is 2. The number of pyridine rings is 1. The maximum Gasteiger partial charge on any atom is 0.290 e. The van der Waals surface area contributed by atoms with E-state index in [2.05, 4.69) is 42.2 Å². The van der Waals surface area contributed by atoms with Crippen LogP contribution in [-0.2, 0) is 0 Å².